The molecule has 1 rings (SSSR count). The zero-order chi connectivity index (χ0) is 15.1. The van der Waals surface area contributed by atoms with Gasteiger partial charge in [0.2, 0.25) is 0 Å². The normalized spacial score (nSPS) is 12.4. The van der Waals surface area contributed by atoms with Crippen molar-refractivity contribution in [3.05, 3.63) is 11.9 Å². The van der Waals surface area contributed by atoms with E-state index >= 15 is 0 Å². The van der Waals surface area contributed by atoms with Gasteiger partial charge in [-0.3, -0.25) is 9.59 Å². The van der Waals surface area contributed by atoms with Crippen LogP contribution in [0.1, 0.15) is 50.5 Å². The van der Waals surface area contributed by atoms with Crippen molar-refractivity contribution < 1.29 is 14.7 Å². The topological polar surface area (TPSA) is 97.1 Å². The highest BCUT2D eigenvalue weighted by atomic mass is 16.4. The summed E-state index contributed by atoms with van der Waals surface area (Å²) in [4.78, 5) is 22.4. The quantitative estimate of drug-likeness (QED) is 0.749. The molecule has 20 heavy (non-hydrogen) atoms. The molecule has 0 saturated carbocycles. The summed E-state index contributed by atoms with van der Waals surface area (Å²) < 4.78 is 1.13. The molecule has 0 aliphatic carbocycles. The zero-order valence-electron chi connectivity index (χ0n) is 12.2. The molecule has 1 amide bonds. The number of carbonyl (C=O) groups is 2. The van der Waals surface area contributed by atoms with Crippen molar-refractivity contribution in [2.45, 2.75) is 52.6 Å². The van der Waals surface area contributed by atoms with Crippen molar-refractivity contribution in [2.75, 3.05) is 0 Å². The molecule has 2 N–H and O–H groups in total. The van der Waals surface area contributed by atoms with Crippen LogP contribution in [-0.2, 0) is 11.3 Å². The van der Waals surface area contributed by atoms with Gasteiger partial charge in [-0.05, 0) is 19.3 Å². The van der Waals surface area contributed by atoms with Crippen molar-refractivity contribution in [3.8, 4) is 0 Å². The maximum absolute atomic E-state index is 11.9. The van der Waals surface area contributed by atoms with E-state index in [1.165, 1.54) is 6.20 Å². The van der Waals surface area contributed by atoms with Crippen LogP contribution in [0.3, 0.4) is 0 Å². The van der Waals surface area contributed by atoms with E-state index < -0.39 is 5.97 Å². The highest BCUT2D eigenvalue weighted by Gasteiger charge is 2.14. The molecule has 1 aromatic heterocycles. The molecule has 0 aliphatic rings. The fourth-order valence-electron chi connectivity index (χ4n) is 1.82. The third-order valence-corrected chi connectivity index (χ3v) is 2.86. The molecule has 1 heterocycles. The molecule has 0 radical (unpaired) electrons. The van der Waals surface area contributed by atoms with Crippen molar-refractivity contribution >= 4 is 11.9 Å². The number of hydrogen-bond donors (Lipinski definition) is 2. The average molecular weight is 282 g/mol. The summed E-state index contributed by atoms with van der Waals surface area (Å²) >= 11 is 0. The molecule has 0 aromatic carbocycles. The van der Waals surface area contributed by atoms with Crippen LogP contribution in [0, 0.1) is 5.92 Å². The van der Waals surface area contributed by atoms with E-state index in [1.54, 1.807) is 0 Å². The largest absolute Gasteiger partial charge is 0.480 e. The Hall–Kier alpha value is -1.92. The number of nitrogens with one attached hydrogen (secondary N) is 1. The second-order valence-corrected chi connectivity index (χ2v) is 5.39. The Morgan fingerprint density at radius 3 is 2.65 bits per heavy atom. The number of carboxylic acids is 1. The Morgan fingerprint density at radius 1 is 1.35 bits per heavy atom. The highest BCUT2D eigenvalue weighted by molar-refractivity contribution is 5.92. The van der Waals surface area contributed by atoms with Gasteiger partial charge < -0.3 is 10.4 Å². The van der Waals surface area contributed by atoms with E-state index in [-0.39, 0.29) is 24.2 Å². The Kier molecular flexibility index (Phi) is 6.14. The molecule has 0 fully saturated rings. The third kappa shape index (κ3) is 5.81. The minimum Gasteiger partial charge on any atom is -0.480 e. The zero-order valence-corrected chi connectivity index (χ0v) is 12.2. The molecule has 7 nitrogen and oxygen atoms in total. The van der Waals surface area contributed by atoms with Crippen LogP contribution < -0.4 is 5.32 Å². The maximum Gasteiger partial charge on any atom is 0.325 e. The second kappa shape index (κ2) is 7.62. The molecule has 0 bridgehead atoms. The van der Waals surface area contributed by atoms with Crippen molar-refractivity contribution in [1.29, 1.82) is 0 Å². The van der Waals surface area contributed by atoms with Gasteiger partial charge in [0.25, 0.3) is 5.91 Å². The standard InChI is InChI=1S/C13H22N4O3/c1-9(2)5-4-6-10(3)14-13(20)11-7-17(16-15-11)8-12(18)19/h7,9-10H,4-6,8H2,1-3H3,(H,14,20)(H,18,19). The number of rotatable bonds is 8. The summed E-state index contributed by atoms with van der Waals surface area (Å²) in [5, 5.41) is 18.7. The number of hydrogen-bond acceptors (Lipinski definition) is 4. The van der Waals surface area contributed by atoms with Crippen molar-refractivity contribution in [2.24, 2.45) is 5.92 Å². The van der Waals surface area contributed by atoms with Gasteiger partial charge in [-0.25, -0.2) is 4.68 Å². The number of nitrogens with zero attached hydrogens (tertiary/aromatic N) is 3. The monoisotopic (exact) mass is 282 g/mol. The summed E-state index contributed by atoms with van der Waals surface area (Å²) in [5.41, 5.74) is 0.141. The maximum atomic E-state index is 11.9. The molecular formula is C13H22N4O3. The first-order valence-electron chi connectivity index (χ1n) is 6.81. The minimum absolute atomic E-state index is 0.0610. The molecule has 1 atom stereocenters. The van der Waals surface area contributed by atoms with Gasteiger partial charge in [0.15, 0.2) is 5.69 Å². The molecule has 0 saturated heterocycles. The Bertz CT molecular complexity index is 456. The van der Waals surface area contributed by atoms with Crippen LogP contribution in [0.4, 0.5) is 0 Å². The number of amides is 1. The first-order chi connectivity index (χ1) is 9.38. The predicted octanol–water partition coefficient (Wildman–Crippen LogP) is 1.31. The van der Waals surface area contributed by atoms with Crippen LogP contribution in [-0.4, -0.2) is 38.0 Å². The summed E-state index contributed by atoms with van der Waals surface area (Å²) in [7, 11) is 0. The molecular weight excluding hydrogens is 260 g/mol. The lowest BCUT2D eigenvalue weighted by atomic mass is 10.0. The smallest absolute Gasteiger partial charge is 0.325 e. The fraction of sp³-hybridized carbons (Fsp3) is 0.692. The van der Waals surface area contributed by atoms with Crippen LogP contribution in [0.15, 0.2) is 6.20 Å². The van der Waals surface area contributed by atoms with Gasteiger partial charge in [0, 0.05) is 6.04 Å². The van der Waals surface area contributed by atoms with E-state index in [0.717, 1.165) is 23.9 Å². The van der Waals surface area contributed by atoms with Crippen LogP contribution >= 0.6 is 0 Å². The van der Waals surface area contributed by atoms with Gasteiger partial charge in [-0.1, -0.05) is 31.9 Å². The molecule has 7 heteroatoms. The van der Waals surface area contributed by atoms with Crippen molar-refractivity contribution in [3.63, 3.8) is 0 Å². The highest BCUT2D eigenvalue weighted by Crippen LogP contribution is 2.08. The molecule has 112 valence electrons. The lowest BCUT2D eigenvalue weighted by molar-refractivity contribution is -0.137. The van der Waals surface area contributed by atoms with Gasteiger partial charge in [-0.2, -0.15) is 0 Å². The van der Waals surface area contributed by atoms with Gasteiger partial charge in [-0.15, -0.1) is 5.10 Å². The van der Waals surface area contributed by atoms with Crippen molar-refractivity contribution in [1.82, 2.24) is 20.3 Å². The van der Waals surface area contributed by atoms with E-state index in [2.05, 4.69) is 29.5 Å². The lowest BCUT2D eigenvalue weighted by Crippen LogP contribution is -2.32. The van der Waals surface area contributed by atoms with Gasteiger partial charge >= 0.3 is 5.97 Å². The van der Waals surface area contributed by atoms with Crippen LogP contribution in [0.5, 0.6) is 0 Å². The minimum atomic E-state index is -1.02. The number of aromatic nitrogens is 3. The predicted molar refractivity (Wildman–Crippen MR) is 73.3 cm³/mol. The van der Waals surface area contributed by atoms with E-state index in [0.29, 0.717) is 5.92 Å². The van der Waals surface area contributed by atoms with Crippen LogP contribution in [0.2, 0.25) is 0 Å². The Balaban J connectivity index is 2.41. The molecule has 0 spiro atoms. The number of aliphatic carboxylic acids is 1. The fourth-order valence-corrected chi connectivity index (χ4v) is 1.82. The Labute approximate surface area is 118 Å². The summed E-state index contributed by atoms with van der Waals surface area (Å²) in [6.45, 7) is 5.98. The molecule has 0 aliphatic heterocycles. The first kappa shape index (κ1) is 16.1. The third-order valence-electron chi connectivity index (χ3n) is 2.86. The van der Waals surface area contributed by atoms with E-state index in [1.807, 2.05) is 6.92 Å². The number of carbonyl (C=O) groups excluding carboxylic acids is 1. The SMILES string of the molecule is CC(C)CCCC(C)NC(=O)c1cn(CC(=O)O)nn1. The van der Waals surface area contributed by atoms with Gasteiger partial charge in [0.05, 0.1) is 6.20 Å². The molecule has 1 aromatic rings. The number of carboxylic acid groups (broad SMARTS) is 1. The summed E-state index contributed by atoms with van der Waals surface area (Å²) in [5.74, 6) is -0.684. The lowest BCUT2D eigenvalue weighted by Gasteiger charge is -2.13. The Morgan fingerprint density at radius 2 is 2.05 bits per heavy atom. The first-order valence-corrected chi connectivity index (χ1v) is 6.81. The molecule has 1 unspecified atom stereocenters. The second-order valence-electron chi connectivity index (χ2n) is 5.39. The van der Waals surface area contributed by atoms with Crippen LogP contribution in [0.25, 0.3) is 0 Å². The average Bonchev–Trinajstić information content (AvgIpc) is 2.75. The summed E-state index contributed by atoms with van der Waals surface area (Å²) in [6, 6.07) is 0.0610. The summed E-state index contributed by atoms with van der Waals surface area (Å²) in [6.07, 6.45) is 4.44. The van der Waals surface area contributed by atoms with Gasteiger partial charge in [0.1, 0.15) is 6.54 Å². The van der Waals surface area contributed by atoms with E-state index in [9.17, 15) is 9.59 Å². The van der Waals surface area contributed by atoms with E-state index in [4.69, 9.17) is 5.11 Å².